The number of hydrogen-bond donors (Lipinski definition) is 3. The topological polar surface area (TPSA) is 163 Å². The van der Waals surface area contributed by atoms with Crippen molar-refractivity contribution in [3.05, 3.63) is 29.4 Å². The molecule has 5 N–H and O–H groups in total. The molecule has 0 aliphatic carbocycles. The molecular weight excluding hydrogens is 552 g/mol. The second-order valence-electron chi connectivity index (χ2n) is 10.6. The smallest absolute Gasteiger partial charge is 0.407 e. The molecule has 2 saturated heterocycles. The Bertz CT molecular complexity index is 1310. The Morgan fingerprint density at radius 3 is 2.61 bits per heavy atom. The number of piperidine rings is 1. The minimum Gasteiger partial charge on any atom is -0.444 e. The summed E-state index contributed by atoms with van der Waals surface area (Å²) in [5.74, 6) is 0.835. The Labute approximate surface area is 232 Å². The van der Waals surface area contributed by atoms with Gasteiger partial charge < -0.3 is 25.4 Å². The molecule has 2 atom stereocenters. The van der Waals surface area contributed by atoms with E-state index >= 15 is 0 Å². The fourth-order valence-electron chi connectivity index (χ4n) is 4.83. The van der Waals surface area contributed by atoms with Crippen LogP contribution in [0.1, 0.15) is 40.5 Å². The molecule has 2 fully saturated rings. The molecule has 0 unspecified atom stereocenters. The van der Waals surface area contributed by atoms with E-state index in [-0.39, 0.29) is 33.3 Å². The number of sulfonamides is 1. The molecule has 1 aromatic heterocycles. The van der Waals surface area contributed by atoms with Crippen LogP contribution in [-0.2, 0) is 19.5 Å². The normalized spacial score (nSPS) is 21.5. The molecule has 2 aromatic rings. The Hall–Kier alpha value is -2.32. The second kappa shape index (κ2) is 10.7. The summed E-state index contributed by atoms with van der Waals surface area (Å²) in [4.78, 5) is 23.9. The lowest BCUT2D eigenvalue weighted by Crippen LogP contribution is -2.55. The molecule has 0 bridgehead atoms. The number of rotatable bonds is 5. The number of nitrogens with two attached hydrogens (primary N) is 2. The minimum absolute atomic E-state index is 0.00848. The van der Waals surface area contributed by atoms with Gasteiger partial charge in [-0.3, -0.25) is 0 Å². The van der Waals surface area contributed by atoms with E-state index < -0.39 is 21.7 Å². The van der Waals surface area contributed by atoms with Crippen molar-refractivity contribution in [2.45, 2.75) is 73.1 Å². The van der Waals surface area contributed by atoms with E-state index in [2.05, 4.69) is 20.2 Å². The van der Waals surface area contributed by atoms with E-state index in [9.17, 15) is 13.2 Å². The Morgan fingerprint density at radius 1 is 1.32 bits per heavy atom. The fourth-order valence-corrected chi connectivity index (χ4v) is 6.90. The van der Waals surface area contributed by atoms with Gasteiger partial charge in [-0.15, -0.1) is 0 Å². The van der Waals surface area contributed by atoms with Gasteiger partial charge in [0.2, 0.25) is 10.0 Å². The average molecular weight is 585 g/mol. The number of nitrogens with zero attached hydrogens (tertiary/aromatic N) is 3. The maximum Gasteiger partial charge on any atom is 0.407 e. The molecule has 2 aliphatic heterocycles. The summed E-state index contributed by atoms with van der Waals surface area (Å²) in [5, 5.41) is 8.70. The zero-order valence-electron chi connectivity index (χ0n) is 21.7. The van der Waals surface area contributed by atoms with Crippen LogP contribution in [0.15, 0.2) is 39.2 Å². The first-order valence-corrected chi connectivity index (χ1v) is 14.9. The van der Waals surface area contributed by atoms with E-state index in [1.807, 2.05) is 27.7 Å². The molecule has 1 spiro atoms. The van der Waals surface area contributed by atoms with Gasteiger partial charge in [0.05, 0.1) is 30.0 Å². The average Bonchev–Trinajstić information content (AvgIpc) is 3.10. The molecular formula is C24H33ClN6O5S2. The van der Waals surface area contributed by atoms with Gasteiger partial charge in [0.25, 0.3) is 0 Å². The van der Waals surface area contributed by atoms with Crippen LogP contribution in [0.4, 0.5) is 16.4 Å². The SMILES string of the molecule is C[C@@H]1OCC2(CCN(c3cnc(Sc4cccc(S(N)(=O)=O)c4Cl)c(N)n3)CC2)[C@@H]1NC(=O)OC(C)(C)C. The van der Waals surface area contributed by atoms with Crippen LogP contribution in [0.5, 0.6) is 0 Å². The van der Waals surface area contributed by atoms with Crippen LogP contribution in [0.3, 0.4) is 0 Å². The number of halogens is 1. The highest BCUT2D eigenvalue weighted by Crippen LogP contribution is 2.43. The number of nitrogens with one attached hydrogen (secondary N) is 1. The minimum atomic E-state index is -3.97. The van der Waals surface area contributed by atoms with Gasteiger partial charge in [-0.1, -0.05) is 29.4 Å². The third kappa shape index (κ3) is 6.28. The van der Waals surface area contributed by atoms with E-state index in [1.54, 1.807) is 18.3 Å². The Kier molecular flexibility index (Phi) is 8.06. The van der Waals surface area contributed by atoms with Crippen LogP contribution >= 0.6 is 23.4 Å². The molecule has 1 aromatic carbocycles. The third-order valence-electron chi connectivity index (χ3n) is 6.71. The Balaban J connectivity index is 1.44. The van der Waals surface area contributed by atoms with Gasteiger partial charge in [0.15, 0.2) is 5.82 Å². The molecule has 208 valence electrons. The molecule has 4 rings (SSSR count). The fraction of sp³-hybridized carbons (Fsp3) is 0.542. The quantitative estimate of drug-likeness (QED) is 0.474. The standard InChI is InChI=1S/C24H33ClN6O5S2/c1-14-19(30-22(32)36-23(2,3)4)24(13-35-14)8-10-31(11-9-24)17-12-28-21(20(26)29-17)37-15-6-5-7-16(18(15)25)38(27,33)34/h5-7,12,14,19H,8-11,13H2,1-4H3,(H2,26,29)(H,30,32)(H2,27,33,34)/t14-,19+/m0/s1. The lowest BCUT2D eigenvalue weighted by molar-refractivity contribution is 0.0434. The summed E-state index contributed by atoms with van der Waals surface area (Å²) in [7, 11) is -3.97. The lowest BCUT2D eigenvalue weighted by Gasteiger charge is -2.43. The van der Waals surface area contributed by atoms with Crippen LogP contribution in [0, 0.1) is 5.41 Å². The van der Waals surface area contributed by atoms with Crippen molar-refractivity contribution >= 4 is 51.1 Å². The first-order chi connectivity index (χ1) is 17.7. The molecule has 11 nitrogen and oxygen atoms in total. The van der Waals surface area contributed by atoms with Crippen molar-refractivity contribution < 1.29 is 22.7 Å². The molecule has 3 heterocycles. The van der Waals surface area contributed by atoms with Gasteiger partial charge >= 0.3 is 6.09 Å². The van der Waals surface area contributed by atoms with E-state index in [1.165, 1.54) is 6.07 Å². The van der Waals surface area contributed by atoms with Crippen LogP contribution in [-0.4, -0.2) is 61.9 Å². The lowest BCUT2D eigenvalue weighted by atomic mass is 9.73. The van der Waals surface area contributed by atoms with Gasteiger partial charge in [0.1, 0.15) is 21.3 Å². The highest BCUT2D eigenvalue weighted by atomic mass is 35.5. The number of benzene rings is 1. The van der Waals surface area contributed by atoms with Gasteiger partial charge in [-0.2, -0.15) is 0 Å². The summed E-state index contributed by atoms with van der Waals surface area (Å²) in [5.41, 5.74) is 5.44. The molecule has 1 amide bonds. The van der Waals surface area contributed by atoms with Gasteiger partial charge in [-0.25, -0.2) is 28.3 Å². The number of nitrogen functional groups attached to an aromatic ring is 1. The zero-order valence-corrected chi connectivity index (χ0v) is 24.1. The zero-order chi connectivity index (χ0) is 27.9. The number of primary sulfonamides is 1. The maximum absolute atomic E-state index is 12.5. The largest absolute Gasteiger partial charge is 0.444 e. The van der Waals surface area contributed by atoms with Crippen LogP contribution < -0.4 is 21.1 Å². The van der Waals surface area contributed by atoms with Crippen molar-refractivity contribution in [2.24, 2.45) is 10.6 Å². The van der Waals surface area contributed by atoms with Crippen molar-refractivity contribution in [3.63, 3.8) is 0 Å². The van der Waals surface area contributed by atoms with Gasteiger partial charge in [-0.05, 0) is 52.7 Å². The third-order valence-corrected chi connectivity index (χ3v) is 9.36. The molecule has 2 aliphatic rings. The summed E-state index contributed by atoms with van der Waals surface area (Å²) < 4.78 is 35.0. The summed E-state index contributed by atoms with van der Waals surface area (Å²) in [6, 6.07) is 4.39. The maximum atomic E-state index is 12.5. The van der Waals surface area contributed by atoms with Crippen molar-refractivity contribution in [2.75, 3.05) is 30.3 Å². The van der Waals surface area contributed by atoms with Gasteiger partial charge in [0, 0.05) is 23.4 Å². The van der Waals surface area contributed by atoms with E-state index in [0.29, 0.717) is 35.4 Å². The predicted octanol–water partition coefficient (Wildman–Crippen LogP) is 3.41. The van der Waals surface area contributed by atoms with E-state index in [4.69, 9.17) is 31.9 Å². The number of anilines is 2. The molecule has 0 saturated carbocycles. The predicted molar refractivity (Wildman–Crippen MR) is 146 cm³/mol. The first-order valence-electron chi connectivity index (χ1n) is 12.2. The number of hydrogen-bond acceptors (Lipinski definition) is 10. The summed E-state index contributed by atoms with van der Waals surface area (Å²) >= 11 is 7.39. The summed E-state index contributed by atoms with van der Waals surface area (Å²) in [6.07, 6.45) is 2.64. The number of carbonyl (C=O) groups is 1. The molecule has 38 heavy (non-hydrogen) atoms. The van der Waals surface area contributed by atoms with E-state index in [0.717, 1.165) is 24.6 Å². The van der Waals surface area contributed by atoms with Crippen molar-refractivity contribution in [1.82, 2.24) is 15.3 Å². The Morgan fingerprint density at radius 2 is 2.00 bits per heavy atom. The number of carbonyl (C=O) groups excluding carboxylic acids is 1. The molecule has 14 heteroatoms. The number of alkyl carbamates (subject to hydrolysis) is 1. The number of amides is 1. The summed E-state index contributed by atoms with van der Waals surface area (Å²) in [6.45, 7) is 9.41. The highest BCUT2D eigenvalue weighted by molar-refractivity contribution is 7.99. The molecule has 0 radical (unpaired) electrons. The highest BCUT2D eigenvalue weighted by Gasteiger charge is 2.50. The van der Waals surface area contributed by atoms with Crippen LogP contribution in [0.25, 0.3) is 0 Å². The van der Waals surface area contributed by atoms with Crippen molar-refractivity contribution in [3.8, 4) is 0 Å². The first kappa shape index (κ1) is 28.7. The number of ether oxygens (including phenoxy) is 2. The van der Waals surface area contributed by atoms with Crippen LogP contribution in [0.2, 0.25) is 5.02 Å². The monoisotopic (exact) mass is 584 g/mol. The van der Waals surface area contributed by atoms with Crippen molar-refractivity contribution in [1.29, 1.82) is 0 Å². The number of aromatic nitrogens is 2. The second-order valence-corrected chi connectivity index (χ2v) is 13.6.